The normalized spacial score (nSPS) is 13.6. The first-order valence-corrected chi connectivity index (χ1v) is 7.63. The molecule has 1 rings (SSSR count). The standard InChI is InChI=1S/C17H28N2O2/c1-5-8-15(12-18)17(20)19(3)13(2)11-14-9-6-7-10-16(14)21-4/h6-7,9-10,13,15H,5,8,11-12,18H2,1-4H3. The average molecular weight is 292 g/mol. The van der Waals surface area contributed by atoms with Gasteiger partial charge in [-0.3, -0.25) is 4.79 Å². The van der Waals surface area contributed by atoms with E-state index in [9.17, 15) is 4.79 Å². The Hall–Kier alpha value is -1.55. The van der Waals surface area contributed by atoms with Gasteiger partial charge in [-0.1, -0.05) is 31.5 Å². The maximum atomic E-state index is 12.5. The second-order valence-corrected chi connectivity index (χ2v) is 5.54. The van der Waals surface area contributed by atoms with E-state index in [2.05, 4.69) is 13.8 Å². The minimum atomic E-state index is -0.0693. The van der Waals surface area contributed by atoms with Gasteiger partial charge in [-0.25, -0.2) is 0 Å². The van der Waals surface area contributed by atoms with Gasteiger partial charge in [0.1, 0.15) is 5.75 Å². The van der Waals surface area contributed by atoms with E-state index < -0.39 is 0 Å². The van der Waals surface area contributed by atoms with Crippen LogP contribution >= 0.6 is 0 Å². The fourth-order valence-corrected chi connectivity index (χ4v) is 2.52. The fraction of sp³-hybridized carbons (Fsp3) is 0.588. The van der Waals surface area contributed by atoms with Gasteiger partial charge in [0.2, 0.25) is 5.91 Å². The lowest BCUT2D eigenvalue weighted by Crippen LogP contribution is -2.42. The Labute approximate surface area is 128 Å². The number of para-hydroxylation sites is 1. The predicted octanol–water partition coefficient (Wildman–Crippen LogP) is 2.46. The van der Waals surface area contributed by atoms with Gasteiger partial charge in [-0.2, -0.15) is 0 Å². The molecule has 0 bridgehead atoms. The van der Waals surface area contributed by atoms with Crippen LogP contribution in [-0.2, 0) is 11.2 Å². The van der Waals surface area contributed by atoms with Crippen LogP contribution in [0.2, 0.25) is 0 Å². The number of carbonyl (C=O) groups excluding carboxylic acids is 1. The third-order valence-corrected chi connectivity index (χ3v) is 3.99. The Morgan fingerprint density at radius 1 is 1.38 bits per heavy atom. The largest absolute Gasteiger partial charge is 0.496 e. The Kier molecular flexibility index (Phi) is 7.23. The number of amides is 1. The average Bonchev–Trinajstić information content (AvgIpc) is 2.51. The summed E-state index contributed by atoms with van der Waals surface area (Å²) in [6.45, 7) is 4.55. The zero-order chi connectivity index (χ0) is 15.8. The monoisotopic (exact) mass is 292 g/mol. The van der Waals surface area contributed by atoms with Gasteiger partial charge in [0, 0.05) is 19.6 Å². The minimum absolute atomic E-state index is 0.0693. The van der Waals surface area contributed by atoms with Crippen molar-refractivity contribution in [1.82, 2.24) is 4.90 Å². The summed E-state index contributed by atoms with van der Waals surface area (Å²) in [6.07, 6.45) is 2.60. The number of hydrogen-bond donors (Lipinski definition) is 1. The van der Waals surface area contributed by atoms with Crippen molar-refractivity contribution in [3.8, 4) is 5.75 Å². The second kappa shape index (κ2) is 8.67. The van der Waals surface area contributed by atoms with E-state index in [0.717, 1.165) is 30.6 Å². The molecular formula is C17H28N2O2. The van der Waals surface area contributed by atoms with E-state index >= 15 is 0 Å². The van der Waals surface area contributed by atoms with E-state index in [1.165, 1.54) is 0 Å². The van der Waals surface area contributed by atoms with Gasteiger partial charge in [0.25, 0.3) is 0 Å². The molecular weight excluding hydrogens is 264 g/mol. The second-order valence-electron chi connectivity index (χ2n) is 5.54. The summed E-state index contributed by atoms with van der Waals surface area (Å²) in [6, 6.07) is 8.04. The van der Waals surface area contributed by atoms with Crippen LogP contribution in [0, 0.1) is 5.92 Å². The molecule has 0 aliphatic heterocycles. The summed E-state index contributed by atoms with van der Waals surface area (Å²) in [4.78, 5) is 14.3. The Bertz CT molecular complexity index is 448. The lowest BCUT2D eigenvalue weighted by atomic mass is 10.00. The molecule has 0 aliphatic rings. The topological polar surface area (TPSA) is 55.6 Å². The van der Waals surface area contributed by atoms with Crippen LogP contribution in [0.1, 0.15) is 32.3 Å². The van der Waals surface area contributed by atoms with Gasteiger partial charge in [0.05, 0.1) is 13.0 Å². The maximum Gasteiger partial charge on any atom is 0.226 e. The van der Waals surface area contributed by atoms with Gasteiger partial charge in [-0.05, 0) is 31.4 Å². The Morgan fingerprint density at radius 2 is 2.05 bits per heavy atom. The van der Waals surface area contributed by atoms with Crippen molar-refractivity contribution in [3.05, 3.63) is 29.8 Å². The zero-order valence-electron chi connectivity index (χ0n) is 13.6. The fourth-order valence-electron chi connectivity index (χ4n) is 2.52. The van der Waals surface area contributed by atoms with Crippen LogP contribution in [0.3, 0.4) is 0 Å². The molecule has 0 fully saturated rings. The quantitative estimate of drug-likeness (QED) is 0.801. The smallest absolute Gasteiger partial charge is 0.226 e. The summed E-state index contributed by atoms with van der Waals surface area (Å²) >= 11 is 0. The predicted molar refractivity (Wildman–Crippen MR) is 86.4 cm³/mol. The number of likely N-dealkylation sites (N-methyl/N-ethyl adjacent to an activating group) is 1. The van der Waals surface area contributed by atoms with Crippen molar-refractivity contribution >= 4 is 5.91 Å². The zero-order valence-corrected chi connectivity index (χ0v) is 13.6. The van der Waals surface area contributed by atoms with Crippen molar-refractivity contribution < 1.29 is 9.53 Å². The molecule has 0 radical (unpaired) electrons. The molecule has 0 spiro atoms. The minimum Gasteiger partial charge on any atom is -0.496 e. The molecule has 1 aromatic rings. The number of benzene rings is 1. The van der Waals surface area contributed by atoms with E-state index in [1.54, 1.807) is 7.11 Å². The summed E-state index contributed by atoms with van der Waals surface area (Å²) in [5.74, 6) is 0.941. The molecule has 4 nitrogen and oxygen atoms in total. The van der Waals surface area contributed by atoms with Crippen molar-refractivity contribution in [2.75, 3.05) is 20.7 Å². The Morgan fingerprint density at radius 3 is 2.62 bits per heavy atom. The van der Waals surface area contributed by atoms with E-state index in [0.29, 0.717) is 6.54 Å². The number of nitrogens with two attached hydrogens (primary N) is 1. The summed E-state index contributed by atoms with van der Waals surface area (Å²) in [5, 5.41) is 0. The molecule has 4 heteroatoms. The van der Waals surface area contributed by atoms with Gasteiger partial charge in [0.15, 0.2) is 0 Å². The highest BCUT2D eigenvalue weighted by Crippen LogP contribution is 2.21. The highest BCUT2D eigenvalue weighted by Gasteiger charge is 2.23. The number of ether oxygens (including phenoxy) is 1. The SMILES string of the molecule is CCCC(CN)C(=O)N(C)C(C)Cc1ccccc1OC. The number of hydrogen-bond acceptors (Lipinski definition) is 3. The summed E-state index contributed by atoms with van der Waals surface area (Å²) < 4.78 is 5.37. The number of nitrogens with zero attached hydrogens (tertiary/aromatic N) is 1. The first-order valence-electron chi connectivity index (χ1n) is 7.63. The third-order valence-electron chi connectivity index (χ3n) is 3.99. The van der Waals surface area contributed by atoms with Crippen LogP contribution in [0.15, 0.2) is 24.3 Å². The molecule has 0 saturated heterocycles. The molecule has 21 heavy (non-hydrogen) atoms. The molecule has 118 valence electrons. The molecule has 0 saturated carbocycles. The van der Waals surface area contributed by atoms with Crippen LogP contribution in [0.4, 0.5) is 0 Å². The van der Waals surface area contributed by atoms with E-state index in [-0.39, 0.29) is 17.9 Å². The highest BCUT2D eigenvalue weighted by molar-refractivity contribution is 5.79. The first-order chi connectivity index (χ1) is 10.0. The molecule has 0 aromatic heterocycles. The molecule has 2 atom stereocenters. The lowest BCUT2D eigenvalue weighted by molar-refractivity contribution is -0.135. The van der Waals surface area contributed by atoms with Gasteiger partial charge < -0.3 is 15.4 Å². The van der Waals surface area contributed by atoms with Crippen LogP contribution in [-0.4, -0.2) is 37.6 Å². The summed E-state index contributed by atoms with van der Waals surface area (Å²) in [5.41, 5.74) is 6.85. The van der Waals surface area contributed by atoms with Crippen LogP contribution in [0.5, 0.6) is 5.75 Å². The molecule has 1 amide bonds. The first kappa shape index (κ1) is 17.5. The molecule has 0 heterocycles. The third kappa shape index (κ3) is 4.74. The molecule has 2 N–H and O–H groups in total. The van der Waals surface area contributed by atoms with Crippen molar-refractivity contribution in [2.24, 2.45) is 11.7 Å². The van der Waals surface area contributed by atoms with Gasteiger partial charge in [-0.15, -0.1) is 0 Å². The van der Waals surface area contributed by atoms with E-state index in [1.807, 2.05) is 36.2 Å². The van der Waals surface area contributed by atoms with Crippen molar-refractivity contribution in [2.45, 2.75) is 39.2 Å². The molecule has 2 unspecified atom stereocenters. The van der Waals surface area contributed by atoms with Crippen LogP contribution < -0.4 is 10.5 Å². The van der Waals surface area contributed by atoms with Crippen molar-refractivity contribution in [1.29, 1.82) is 0 Å². The maximum absolute atomic E-state index is 12.5. The van der Waals surface area contributed by atoms with Crippen molar-refractivity contribution in [3.63, 3.8) is 0 Å². The molecule has 1 aromatic carbocycles. The summed E-state index contributed by atoms with van der Waals surface area (Å²) in [7, 11) is 3.53. The number of carbonyl (C=O) groups is 1. The number of rotatable bonds is 8. The van der Waals surface area contributed by atoms with Crippen LogP contribution in [0.25, 0.3) is 0 Å². The number of methoxy groups -OCH3 is 1. The van der Waals surface area contributed by atoms with Gasteiger partial charge >= 0.3 is 0 Å². The lowest BCUT2D eigenvalue weighted by Gasteiger charge is -2.29. The molecule has 0 aliphatic carbocycles. The Balaban J connectivity index is 2.73. The van der Waals surface area contributed by atoms with E-state index in [4.69, 9.17) is 10.5 Å². The highest BCUT2D eigenvalue weighted by atomic mass is 16.5.